The molecule has 0 rings (SSSR count). The van der Waals surface area contributed by atoms with Crippen molar-refractivity contribution in [1.29, 1.82) is 0 Å². The monoisotopic (exact) mass is 242 g/mol. The molecule has 0 aliphatic carbocycles. The molecule has 0 aliphatic heterocycles. The van der Waals surface area contributed by atoms with Crippen LogP contribution < -0.4 is 0 Å². The van der Waals surface area contributed by atoms with Gasteiger partial charge in [-0.15, -0.1) is 0 Å². The van der Waals surface area contributed by atoms with Crippen LogP contribution in [-0.4, -0.2) is 59.9 Å². The van der Waals surface area contributed by atoms with Gasteiger partial charge in [0.25, 0.3) is 0 Å². The molecule has 0 unspecified atom stereocenters. The van der Waals surface area contributed by atoms with Gasteiger partial charge in [0, 0.05) is 50.6 Å². The topological polar surface area (TPSA) is 74.6 Å². The van der Waals surface area contributed by atoms with Crippen molar-refractivity contribution >= 4 is 49.7 Å². The van der Waals surface area contributed by atoms with Crippen LogP contribution in [-0.2, 0) is 9.59 Å². The van der Waals surface area contributed by atoms with Gasteiger partial charge in [-0.25, -0.2) is 0 Å². The number of carboxylic acid groups (broad SMARTS) is 2. The minimum Gasteiger partial charge on any atom is -0.481 e. The molecular weight excluding hydrogens is 224 g/mol. The van der Waals surface area contributed by atoms with Crippen LogP contribution in [0.3, 0.4) is 0 Å². The zero-order valence-electron chi connectivity index (χ0n) is 9.07. The Morgan fingerprint density at radius 3 is 1.20 bits per heavy atom. The fraction of sp³-hybridized carbons (Fsp3) is 0.800. The molecule has 0 spiro atoms. The standard InChI is InChI=1S/C10H18O4.Ca/c11-9(12)7-5-3-1-2-4-6-8-10(13)14;/h1-8H2,(H,11,12)(H,13,14);. The molecule has 0 aliphatic rings. The number of unbranched alkanes of at least 4 members (excludes halogenated alkanes) is 5. The van der Waals surface area contributed by atoms with Gasteiger partial charge < -0.3 is 10.2 Å². The average molecular weight is 242 g/mol. The zero-order valence-corrected chi connectivity index (χ0v) is 11.3. The summed E-state index contributed by atoms with van der Waals surface area (Å²) in [5.41, 5.74) is 0. The first-order valence-electron chi connectivity index (χ1n) is 5.06. The van der Waals surface area contributed by atoms with Crippen LogP contribution in [0.25, 0.3) is 0 Å². The van der Waals surface area contributed by atoms with Gasteiger partial charge >= 0.3 is 11.9 Å². The van der Waals surface area contributed by atoms with Gasteiger partial charge in [0.15, 0.2) is 0 Å². The second-order valence-electron chi connectivity index (χ2n) is 3.41. The molecule has 0 bridgehead atoms. The second kappa shape index (κ2) is 12.3. The Balaban J connectivity index is 0. The molecule has 0 fully saturated rings. The van der Waals surface area contributed by atoms with E-state index >= 15 is 0 Å². The molecule has 0 atom stereocenters. The van der Waals surface area contributed by atoms with Crippen molar-refractivity contribution in [2.24, 2.45) is 0 Å². The Morgan fingerprint density at radius 1 is 0.667 bits per heavy atom. The quantitative estimate of drug-likeness (QED) is 0.478. The number of rotatable bonds is 9. The average Bonchev–Trinajstić information content (AvgIpc) is 2.08. The van der Waals surface area contributed by atoms with E-state index < -0.39 is 11.9 Å². The molecule has 0 aromatic rings. The molecule has 0 saturated carbocycles. The van der Waals surface area contributed by atoms with Crippen molar-refractivity contribution in [2.45, 2.75) is 51.4 Å². The third-order valence-electron chi connectivity index (χ3n) is 2.03. The first kappa shape index (κ1) is 17.6. The summed E-state index contributed by atoms with van der Waals surface area (Å²) in [4.78, 5) is 20.3. The summed E-state index contributed by atoms with van der Waals surface area (Å²) in [6, 6.07) is 0. The number of hydrogen-bond donors (Lipinski definition) is 2. The Labute approximate surface area is 120 Å². The largest absolute Gasteiger partial charge is 0.481 e. The van der Waals surface area contributed by atoms with E-state index in [9.17, 15) is 9.59 Å². The molecule has 0 aromatic heterocycles. The van der Waals surface area contributed by atoms with E-state index in [1.807, 2.05) is 0 Å². The summed E-state index contributed by atoms with van der Waals surface area (Å²) in [6.07, 6.45) is 5.82. The van der Waals surface area contributed by atoms with E-state index in [2.05, 4.69) is 0 Å². The van der Waals surface area contributed by atoms with Gasteiger partial charge in [-0.1, -0.05) is 25.7 Å². The first-order valence-corrected chi connectivity index (χ1v) is 5.06. The number of carbonyl (C=O) groups is 2. The predicted molar refractivity (Wildman–Crippen MR) is 58.0 cm³/mol. The molecule has 2 N–H and O–H groups in total. The summed E-state index contributed by atoms with van der Waals surface area (Å²) in [7, 11) is 0. The van der Waals surface area contributed by atoms with Crippen LogP contribution in [0.5, 0.6) is 0 Å². The number of aliphatic carboxylic acids is 2. The van der Waals surface area contributed by atoms with Crippen molar-refractivity contribution in [2.75, 3.05) is 0 Å². The fourth-order valence-corrected chi connectivity index (χ4v) is 1.26. The van der Waals surface area contributed by atoms with E-state index in [0.717, 1.165) is 38.5 Å². The zero-order chi connectivity index (χ0) is 10.8. The van der Waals surface area contributed by atoms with E-state index in [1.165, 1.54) is 0 Å². The van der Waals surface area contributed by atoms with Crippen LogP contribution in [0.15, 0.2) is 0 Å². The van der Waals surface area contributed by atoms with E-state index in [4.69, 9.17) is 10.2 Å². The maximum absolute atomic E-state index is 10.1. The van der Waals surface area contributed by atoms with E-state index in [-0.39, 0.29) is 50.6 Å². The van der Waals surface area contributed by atoms with Gasteiger partial charge in [-0.3, -0.25) is 9.59 Å². The Morgan fingerprint density at radius 2 is 0.933 bits per heavy atom. The van der Waals surface area contributed by atoms with Crippen molar-refractivity contribution in [3.8, 4) is 0 Å². The molecule has 0 aromatic carbocycles. The normalized spacial score (nSPS) is 9.33. The summed E-state index contributed by atoms with van der Waals surface area (Å²) in [5, 5.41) is 16.7. The van der Waals surface area contributed by atoms with E-state index in [1.54, 1.807) is 0 Å². The predicted octanol–water partition coefficient (Wildman–Crippen LogP) is 1.90. The molecule has 0 saturated heterocycles. The molecule has 5 heteroatoms. The Bertz CT molecular complexity index is 162. The summed E-state index contributed by atoms with van der Waals surface area (Å²) < 4.78 is 0. The Kier molecular flexibility index (Phi) is 14.4. The smallest absolute Gasteiger partial charge is 0.303 e. The van der Waals surface area contributed by atoms with Crippen molar-refractivity contribution < 1.29 is 19.8 Å². The molecule has 84 valence electrons. The number of hydrogen-bond acceptors (Lipinski definition) is 2. The van der Waals surface area contributed by atoms with Crippen molar-refractivity contribution in [3.05, 3.63) is 0 Å². The third kappa shape index (κ3) is 16.8. The van der Waals surface area contributed by atoms with Gasteiger partial charge in [0.1, 0.15) is 0 Å². The first-order chi connectivity index (χ1) is 6.63. The Hall–Kier alpha value is 0.200. The van der Waals surface area contributed by atoms with Crippen LogP contribution in [0.2, 0.25) is 0 Å². The fourth-order valence-electron chi connectivity index (χ4n) is 1.26. The van der Waals surface area contributed by atoms with Crippen molar-refractivity contribution in [1.82, 2.24) is 0 Å². The van der Waals surface area contributed by atoms with Gasteiger partial charge in [0.2, 0.25) is 0 Å². The molecule has 2 radical (unpaired) electrons. The molecule has 15 heavy (non-hydrogen) atoms. The molecule has 0 heterocycles. The molecular formula is C10H18CaO4. The minimum atomic E-state index is -0.740. The maximum atomic E-state index is 10.1. The summed E-state index contributed by atoms with van der Waals surface area (Å²) in [6.45, 7) is 0. The van der Waals surface area contributed by atoms with Gasteiger partial charge in [0.05, 0.1) is 0 Å². The van der Waals surface area contributed by atoms with Crippen LogP contribution in [0.1, 0.15) is 51.4 Å². The van der Waals surface area contributed by atoms with Crippen LogP contribution in [0.4, 0.5) is 0 Å². The second-order valence-corrected chi connectivity index (χ2v) is 3.41. The SMILES string of the molecule is O=C(O)CCCCCCCCC(=O)O.[Ca]. The molecule has 4 nitrogen and oxygen atoms in total. The summed E-state index contributed by atoms with van der Waals surface area (Å²) in [5.74, 6) is -1.48. The van der Waals surface area contributed by atoms with Gasteiger partial charge in [-0.2, -0.15) is 0 Å². The van der Waals surface area contributed by atoms with E-state index in [0.29, 0.717) is 0 Å². The van der Waals surface area contributed by atoms with Crippen LogP contribution in [0, 0.1) is 0 Å². The number of carboxylic acids is 2. The minimum absolute atomic E-state index is 0. The molecule has 0 amide bonds. The van der Waals surface area contributed by atoms with Crippen LogP contribution >= 0.6 is 0 Å². The summed E-state index contributed by atoms with van der Waals surface area (Å²) >= 11 is 0. The third-order valence-corrected chi connectivity index (χ3v) is 2.03. The maximum Gasteiger partial charge on any atom is 0.303 e. The van der Waals surface area contributed by atoms with Crippen molar-refractivity contribution in [3.63, 3.8) is 0 Å². The van der Waals surface area contributed by atoms with Gasteiger partial charge in [-0.05, 0) is 12.8 Å².